The third-order valence-corrected chi connectivity index (χ3v) is 5.32. The number of piperidine rings is 1. The lowest BCUT2D eigenvalue weighted by molar-refractivity contribution is 0.0999. The van der Waals surface area contributed by atoms with E-state index in [4.69, 9.17) is 17.3 Å². The van der Waals surface area contributed by atoms with E-state index in [1.165, 1.54) is 51.0 Å². The van der Waals surface area contributed by atoms with Gasteiger partial charge in [-0.25, -0.2) is 0 Å². The number of hydrogen-bond donors (Lipinski definition) is 1. The minimum Gasteiger partial charge on any atom is -0.365 e. The summed E-state index contributed by atoms with van der Waals surface area (Å²) in [6, 6.07) is 1.53. The van der Waals surface area contributed by atoms with Crippen LogP contribution in [-0.4, -0.2) is 29.2 Å². The summed E-state index contributed by atoms with van der Waals surface area (Å²) in [7, 11) is 0. The Labute approximate surface area is 136 Å². The third kappa shape index (κ3) is 3.19. The number of carbonyl (C=O) groups excluding carboxylic acids is 1. The first-order chi connectivity index (χ1) is 10.6. The van der Waals surface area contributed by atoms with Crippen LogP contribution in [0.3, 0.4) is 0 Å². The summed E-state index contributed by atoms with van der Waals surface area (Å²) in [6.45, 7) is 1.85. The Hall–Kier alpha value is -1.36. The van der Waals surface area contributed by atoms with E-state index < -0.39 is 5.91 Å². The van der Waals surface area contributed by atoms with Crippen molar-refractivity contribution in [3.05, 3.63) is 16.8 Å². The maximum Gasteiger partial charge on any atom is 0.252 e. The number of anilines is 1. The Balaban J connectivity index is 1.87. The molecule has 120 valence electrons. The lowest BCUT2D eigenvalue weighted by atomic mass is 9.74. The number of aromatic nitrogens is 2. The maximum atomic E-state index is 11.7. The number of hydrogen-bond acceptors (Lipinski definition) is 4. The van der Waals surface area contributed by atoms with Gasteiger partial charge in [0.25, 0.3) is 5.91 Å². The standard InChI is InChI=1S/C16H23ClN4O/c17-13-10-12(14(18)22)15(20-19-13)21-9-5-8-16(11-21)6-3-1-2-4-7-16/h10H,1-9,11H2,(H2,18,22). The SMILES string of the molecule is NC(=O)c1cc(Cl)nnc1N1CCCC2(CCCCCC2)C1. The number of carbonyl (C=O) groups is 1. The van der Waals surface area contributed by atoms with Crippen LogP contribution < -0.4 is 10.6 Å². The highest BCUT2D eigenvalue weighted by Gasteiger charge is 2.37. The summed E-state index contributed by atoms with van der Waals surface area (Å²) >= 11 is 5.86. The summed E-state index contributed by atoms with van der Waals surface area (Å²) in [6.07, 6.45) is 10.3. The molecule has 3 rings (SSSR count). The van der Waals surface area contributed by atoms with E-state index in [0.29, 0.717) is 16.8 Å². The topological polar surface area (TPSA) is 72.1 Å². The molecule has 1 aromatic rings. The molecule has 22 heavy (non-hydrogen) atoms. The molecule has 1 amide bonds. The Morgan fingerprint density at radius 2 is 1.82 bits per heavy atom. The number of nitrogens with two attached hydrogens (primary N) is 1. The van der Waals surface area contributed by atoms with Crippen molar-refractivity contribution < 1.29 is 4.79 Å². The normalized spacial score (nSPS) is 21.6. The predicted molar refractivity (Wildman–Crippen MR) is 87.1 cm³/mol. The van der Waals surface area contributed by atoms with Crippen molar-refractivity contribution in [3.63, 3.8) is 0 Å². The molecule has 1 aliphatic carbocycles. The van der Waals surface area contributed by atoms with Crippen molar-refractivity contribution in [2.45, 2.75) is 51.4 Å². The quantitative estimate of drug-likeness (QED) is 0.907. The highest BCUT2D eigenvalue weighted by atomic mass is 35.5. The number of rotatable bonds is 2. The average molecular weight is 323 g/mol. The molecule has 0 aromatic carbocycles. The van der Waals surface area contributed by atoms with Crippen LogP contribution in [0.25, 0.3) is 0 Å². The lowest BCUT2D eigenvalue weighted by Gasteiger charge is -2.43. The zero-order valence-corrected chi connectivity index (χ0v) is 13.6. The number of nitrogens with zero attached hydrogens (tertiary/aromatic N) is 3. The first-order valence-electron chi connectivity index (χ1n) is 8.18. The van der Waals surface area contributed by atoms with Crippen LogP contribution in [0.5, 0.6) is 0 Å². The molecule has 1 spiro atoms. The molecule has 0 atom stereocenters. The number of amides is 1. The summed E-state index contributed by atoms with van der Waals surface area (Å²) in [5.74, 6) is 0.104. The Bertz CT molecular complexity index is 555. The van der Waals surface area contributed by atoms with Gasteiger partial charge >= 0.3 is 0 Å². The number of halogens is 1. The molecule has 0 bridgehead atoms. The molecular formula is C16H23ClN4O. The van der Waals surface area contributed by atoms with E-state index in [-0.39, 0.29) is 5.15 Å². The Kier molecular flexibility index (Phi) is 4.52. The summed E-state index contributed by atoms with van der Waals surface area (Å²) in [4.78, 5) is 13.9. The molecule has 0 unspecified atom stereocenters. The molecule has 2 fully saturated rings. The summed E-state index contributed by atoms with van der Waals surface area (Å²) in [5.41, 5.74) is 6.24. The second-order valence-corrected chi connectivity index (χ2v) is 7.10. The van der Waals surface area contributed by atoms with Crippen molar-refractivity contribution >= 4 is 23.3 Å². The van der Waals surface area contributed by atoms with Crippen molar-refractivity contribution in [2.24, 2.45) is 11.1 Å². The van der Waals surface area contributed by atoms with Gasteiger partial charge in [0.2, 0.25) is 0 Å². The molecule has 5 nitrogen and oxygen atoms in total. The van der Waals surface area contributed by atoms with Gasteiger partial charge in [-0.3, -0.25) is 4.79 Å². The molecule has 2 N–H and O–H groups in total. The van der Waals surface area contributed by atoms with E-state index in [1.54, 1.807) is 0 Å². The van der Waals surface area contributed by atoms with Crippen LogP contribution in [0.1, 0.15) is 61.7 Å². The summed E-state index contributed by atoms with van der Waals surface area (Å²) in [5, 5.41) is 8.29. The van der Waals surface area contributed by atoms with Gasteiger partial charge in [-0.15, -0.1) is 10.2 Å². The first kappa shape index (κ1) is 15.5. The van der Waals surface area contributed by atoms with Gasteiger partial charge in [-0.05, 0) is 37.2 Å². The largest absolute Gasteiger partial charge is 0.365 e. The molecule has 0 radical (unpaired) electrons. The average Bonchev–Trinajstić information content (AvgIpc) is 2.73. The van der Waals surface area contributed by atoms with E-state index in [9.17, 15) is 4.79 Å². The fraction of sp³-hybridized carbons (Fsp3) is 0.688. The predicted octanol–water partition coefficient (Wildman–Crippen LogP) is 3.17. The molecule has 6 heteroatoms. The highest BCUT2D eigenvalue weighted by Crippen LogP contribution is 2.43. The minimum atomic E-state index is -0.493. The lowest BCUT2D eigenvalue weighted by Crippen LogP contribution is -2.44. The molecular weight excluding hydrogens is 300 g/mol. The summed E-state index contributed by atoms with van der Waals surface area (Å²) < 4.78 is 0. The molecule has 1 saturated heterocycles. The second-order valence-electron chi connectivity index (χ2n) is 6.71. The van der Waals surface area contributed by atoms with E-state index in [0.717, 1.165) is 19.5 Å². The monoisotopic (exact) mass is 322 g/mol. The van der Waals surface area contributed by atoms with Crippen LogP contribution in [0, 0.1) is 5.41 Å². The van der Waals surface area contributed by atoms with E-state index in [1.807, 2.05) is 0 Å². The maximum absolute atomic E-state index is 11.7. The van der Waals surface area contributed by atoms with Crippen molar-refractivity contribution in [1.29, 1.82) is 0 Å². The van der Waals surface area contributed by atoms with Crippen LogP contribution in [0.4, 0.5) is 5.82 Å². The van der Waals surface area contributed by atoms with Crippen LogP contribution in [0.15, 0.2) is 6.07 Å². The number of primary amides is 1. The second kappa shape index (κ2) is 6.41. The third-order valence-electron chi connectivity index (χ3n) is 5.14. The van der Waals surface area contributed by atoms with Crippen molar-refractivity contribution in [3.8, 4) is 0 Å². The van der Waals surface area contributed by atoms with Gasteiger partial charge in [-0.1, -0.05) is 37.3 Å². The zero-order chi connectivity index (χ0) is 15.6. The van der Waals surface area contributed by atoms with Gasteiger partial charge in [0, 0.05) is 13.1 Å². The van der Waals surface area contributed by atoms with Crippen LogP contribution >= 0.6 is 11.6 Å². The molecule has 2 heterocycles. The van der Waals surface area contributed by atoms with Crippen LogP contribution in [-0.2, 0) is 0 Å². The van der Waals surface area contributed by atoms with Gasteiger partial charge in [-0.2, -0.15) is 0 Å². The Morgan fingerprint density at radius 1 is 1.14 bits per heavy atom. The fourth-order valence-corrected chi connectivity index (χ4v) is 4.20. The first-order valence-corrected chi connectivity index (χ1v) is 8.55. The minimum absolute atomic E-state index is 0.207. The molecule has 1 saturated carbocycles. The van der Waals surface area contributed by atoms with Crippen LogP contribution in [0.2, 0.25) is 5.15 Å². The van der Waals surface area contributed by atoms with Gasteiger partial charge in [0.1, 0.15) is 0 Å². The fourth-order valence-electron chi connectivity index (χ4n) is 4.05. The molecule has 1 aromatic heterocycles. The van der Waals surface area contributed by atoms with Crippen molar-refractivity contribution in [2.75, 3.05) is 18.0 Å². The Morgan fingerprint density at radius 3 is 2.50 bits per heavy atom. The smallest absolute Gasteiger partial charge is 0.252 e. The van der Waals surface area contributed by atoms with Gasteiger partial charge < -0.3 is 10.6 Å². The zero-order valence-electron chi connectivity index (χ0n) is 12.9. The van der Waals surface area contributed by atoms with Crippen molar-refractivity contribution in [1.82, 2.24) is 10.2 Å². The van der Waals surface area contributed by atoms with E-state index >= 15 is 0 Å². The van der Waals surface area contributed by atoms with Gasteiger partial charge in [0.15, 0.2) is 11.0 Å². The highest BCUT2D eigenvalue weighted by molar-refractivity contribution is 6.29. The van der Waals surface area contributed by atoms with E-state index in [2.05, 4.69) is 15.1 Å². The van der Waals surface area contributed by atoms with Gasteiger partial charge in [0.05, 0.1) is 5.56 Å². The molecule has 1 aliphatic heterocycles. The molecule has 2 aliphatic rings.